The summed E-state index contributed by atoms with van der Waals surface area (Å²) in [6.07, 6.45) is -8.88. The number of carbonyl (C=O) groups excluding carboxylic acids is 1. The average Bonchev–Trinajstić information content (AvgIpc) is 2.66. The monoisotopic (exact) mass is 455 g/mol. The first-order chi connectivity index (χ1) is 13.9. The molecule has 1 fully saturated rings. The van der Waals surface area contributed by atoms with Gasteiger partial charge in [-0.25, -0.2) is 9.37 Å². The lowest BCUT2D eigenvalue weighted by Crippen LogP contribution is -2.49. The largest absolute Gasteiger partial charge is 0.419 e. The summed E-state index contributed by atoms with van der Waals surface area (Å²) >= 11 is 5.91. The SMILES string of the molecule is O=C(c1ccc(F)c(C(F)(F)F)c1)N1CCN(c2ncc(C(F)(F)F)cc2Cl)CC1. The second-order valence-corrected chi connectivity index (χ2v) is 6.91. The van der Waals surface area contributed by atoms with Crippen LogP contribution in [0, 0.1) is 5.82 Å². The maximum atomic E-state index is 13.4. The maximum Gasteiger partial charge on any atom is 0.419 e. The number of alkyl halides is 6. The van der Waals surface area contributed by atoms with E-state index in [-0.39, 0.29) is 42.6 Å². The average molecular weight is 456 g/mol. The van der Waals surface area contributed by atoms with E-state index in [9.17, 15) is 35.5 Å². The van der Waals surface area contributed by atoms with Crippen LogP contribution >= 0.6 is 11.6 Å². The van der Waals surface area contributed by atoms with Gasteiger partial charge in [0.1, 0.15) is 11.6 Å². The summed E-state index contributed by atoms with van der Waals surface area (Å²) in [5.74, 6) is -2.09. The maximum absolute atomic E-state index is 13.4. The third-order valence-corrected chi connectivity index (χ3v) is 4.81. The van der Waals surface area contributed by atoms with Gasteiger partial charge in [-0.15, -0.1) is 0 Å². The Bertz CT molecular complexity index is 954. The van der Waals surface area contributed by atoms with Crippen molar-refractivity contribution in [2.24, 2.45) is 0 Å². The van der Waals surface area contributed by atoms with Crippen molar-refractivity contribution in [1.29, 1.82) is 0 Å². The number of benzene rings is 1. The molecule has 1 aromatic carbocycles. The number of nitrogens with zero attached hydrogens (tertiary/aromatic N) is 3. The molecular formula is C18H13ClF7N3O. The Balaban J connectivity index is 1.71. The molecule has 2 aromatic rings. The molecule has 0 spiro atoms. The molecule has 1 saturated heterocycles. The van der Waals surface area contributed by atoms with Crippen LogP contribution in [0.5, 0.6) is 0 Å². The Labute approximate surface area is 170 Å². The number of amides is 1. The Morgan fingerprint density at radius 3 is 2.13 bits per heavy atom. The molecule has 0 saturated carbocycles. The van der Waals surface area contributed by atoms with Crippen molar-refractivity contribution in [2.45, 2.75) is 12.4 Å². The highest BCUT2D eigenvalue weighted by molar-refractivity contribution is 6.33. The van der Waals surface area contributed by atoms with Gasteiger partial charge in [0, 0.05) is 37.9 Å². The van der Waals surface area contributed by atoms with Crippen LogP contribution in [0.1, 0.15) is 21.5 Å². The van der Waals surface area contributed by atoms with Crippen molar-refractivity contribution in [2.75, 3.05) is 31.1 Å². The molecule has 162 valence electrons. The van der Waals surface area contributed by atoms with Gasteiger partial charge in [-0.2, -0.15) is 26.3 Å². The number of halogens is 8. The molecule has 0 atom stereocenters. The summed E-state index contributed by atoms with van der Waals surface area (Å²) in [7, 11) is 0. The van der Waals surface area contributed by atoms with Crippen molar-refractivity contribution in [3.05, 3.63) is 58.0 Å². The predicted octanol–water partition coefficient (Wildman–Crippen LogP) is 4.87. The number of carbonyl (C=O) groups is 1. The van der Waals surface area contributed by atoms with Gasteiger partial charge >= 0.3 is 12.4 Å². The minimum atomic E-state index is -4.94. The second kappa shape index (κ2) is 7.93. The molecule has 1 aliphatic heterocycles. The van der Waals surface area contributed by atoms with Gasteiger partial charge in [-0.1, -0.05) is 11.6 Å². The first-order valence-electron chi connectivity index (χ1n) is 8.51. The Kier molecular flexibility index (Phi) is 5.85. The van der Waals surface area contributed by atoms with Crippen molar-refractivity contribution in [3.8, 4) is 0 Å². The summed E-state index contributed by atoms with van der Waals surface area (Å²) in [4.78, 5) is 19.1. The fraction of sp³-hybridized carbons (Fsp3) is 0.333. The number of aromatic nitrogens is 1. The summed E-state index contributed by atoms with van der Waals surface area (Å²) in [6.45, 7) is 0.432. The summed E-state index contributed by atoms with van der Waals surface area (Å²) in [5, 5.41) is -0.210. The number of hydrogen-bond acceptors (Lipinski definition) is 3. The van der Waals surface area contributed by atoms with E-state index < -0.39 is 35.2 Å². The molecule has 4 nitrogen and oxygen atoms in total. The highest BCUT2D eigenvalue weighted by Crippen LogP contribution is 2.34. The number of pyridine rings is 1. The fourth-order valence-corrected chi connectivity index (χ4v) is 3.28. The molecule has 1 aromatic heterocycles. The van der Waals surface area contributed by atoms with Crippen molar-refractivity contribution in [3.63, 3.8) is 0 Å². The van der Waals surface area contributed by atoms with Gasteiger partial charge in [-0.3, -0.25) is 4.79 Å². The smallest absolute Gasteiger partial charge is 0.352 e. The topological polar surface area (TPSA) is 36.4 Å². The molecule has 2 heterocycles. The molecular weight excluding hydrogens is 443 g/mol. The van der Waals surface area contributed by atoms with Crippen LogP contribution in [-0.2, 0) is 12.4 Å². The number of rotatable bonds is 2. The summed E-state index contributed by atoms with van der Waals surface area (Å²) in [5.41, 5.74) is -2.85. The van der Waals surface area contributed by atoms with Crippen LogP contribution in [0.2, 0.25) is 5.02 Å². The minimum absolute atomic E-state index is 0.0661. The number of hydrogen-bond donors (Lipinski definition) is 0. The van der Waals surface area contributed by atoms with Crippen LogP contribution in [0.3, 0.4) is 0 Å². The molecule has 1 aliphatic rings. The van der Waals surface area contributed by atoms with Crippen molar-refractivity contribution in [1.82, 2.24) is 9.88 Å². The molecule has 3 rings (SSSR count). The molecule has 1 amide bonds. The van der Waals surface area contributed by atoms with Gasteiger partial charge in [0.2, 0.25) is 0 Å². The zero-order chi connectivity index (χ0) is 22.3. The highest BCUT2D eigenvalue weighted by Gasteiger charge is 2.36. The molecule has 12 heteroatoms. The summed E-state index contributed by atoms with van der Waals surface area (Å²) < 4.78 is 90.1. The lowest BCUT2D eigenvalue weighted by molar-refractivity contribution is -0.140. The molecule has 0 bridgehead atoms. The second-order valence-electron chi connectivity index (χ2n) is 6.50. The Hall–Kier alpha value is -2.56. The van der Waals surface area contributed by atoms with Gasteiger partial charge in [0.05, 0.1) is 16.1 Å². The van der Waals surface area contributed by atoms with Crippen LogP contribution in [0.25, 0.3) is 0 Å². The standard InChI is InChI=1S/C18H13ClF7N3O/c19-13-8-11(17(21,22)23)9-27-15(13)28-3-5-29(6-4-28)16(30)10-1-2-14(20)12(7-10)18(24,25)26/h1-2,7-9H,3-6H2. The van der Waals surface area contributed by atoms with Crippen molar-refractivity contribution >= 4 is 23.3 Å². The van der Waals surface area contributed by atoms with Gasteiger partial charge in [0.15, 0.2) is 0 Å². The van der Waals surface area contributed by atoms with Crippen LogP contribution in [0.4, 0.5) is 36.6 Å². The van der Waals surface area contributed by atoms with E-state index in [0.717, 1.165) is 12.1 Å². The third kappa shape index (κ3) is 4.61. The van der Waals surface area contributed by atoms with E-state index in [4.69, 9.17) is 11.6 Å². The van der Waals surface area contributed by atoms with E-state index in [1.807, 2.05) is 0 Å². The van der Waals surface area contributed by atoms with Crippen LogP contribution in [0.15, 0.2) is 30.5 Å². The lowest BCUT2D eigenvalue weighted by Gasteiger charge is -2.36. The quantitative estimate of drug-likeness (QED) is 0.606. The molecule has 30 heavy (non-hydrogen) atoms. The zero-order valence-electron chi connectivity index (χ0n) is 15.0. The first kappa shape index (κ1) is 22.1. The minimum Gasteiger partial charge on any atom is -0.352 e. The molecule has 0 N–H and O–H groups in total. The molecule has 0 aliphatic carbocycles. The van der Waals surface area contributed by atoms with E-state index in [1.165, 1.54) is 4.90 Å². The van der Waals surface area contributed by atoms with E-state index in [2.05, 4.69) is 4.98 Å². The van der Waals surface area contributed by atoms with E-state index in [0.29, 0.717) is 18.3 Å². The van der Waals surface area contributed by atoms with Gasteiger partial charge < -0.3 is 9.80 Å². The normalized spacial score (nSPS) is 15.5. The molecule has 0 unspecified atom stereocenters. The Morgan fingerprint density at radius 1 is 0.967 bits per heavy atom. The van der Waals surface area contributed by atoms with Gasteiger partial charge in [0.25, 0.3) is 5.91 Å². The Morgan fingerprint density at radius 2 is 1.60 bits per heavy atom. The lowest BCUT2D eigenvalue weighted by atomic mass is 10.1. The van der Waals surface area contributed by atoms with Crippen molar-refractivity contribution < 1.29 is 35.5 Å². The van der Waals surface area contributed by atoms with E-state index >= 15 is 0 Å². The third-order valence-electron chi connectivity index (χ3n) is 4.53. The summed E-state index contributed by atoms with van der Waals surface area (Å²) in [6, 6.07) is 2.75. The number of piperazine rings is 1. The predicted molar refractivity (Wildman–Crippen MR) is 93.8 cm³/mol. The number of anilines is 1. The molecule has 0 radical (unpaired) electrons. The van der Waals surface area contributed by atoms with Crippen LogP contribution < -0.4 is 4.90 Å². The fourth-order valence-electron chi connectivity index (χ4n) is 3.00. The van der Waals surface area contributed by atoms with E-state index in [1.54, 1.807) is 4.90 Å². The van der Waals surface area contributed by atoms with Gasteiger partial charge in [-0.05, 0) is 24.3 Å². The van der Waals surface area contributed by atoms with Crippen LogP contribution in [-0.4, -0.2) is 42.0 Å². The first-order valence-corrected chi connectivity index (χ1v) is 8.89. The zero-order valence-corrected chi connectivity index (χ0v) is 15.7. The highest BCUT2D eigenvalue weighted by atomic mass is 35.5.